The van der Waals surface area contributed by atoms with E-state index in [0.29, 0.717) is 28.1 Å². The third kappa shape index (κ3) is 6.64. The van der Waals surface area contributed by atoms with Crippen LogP contribution in [0.4, 0.5) is 10.2 Å². The van der Waals surface area contributed by atoms with E-state index < -0.39 is 28.7 Å². The molecule has 14 heteroatoms. The molecule has 0 aliphatic carbocycles. The second kappa shape index (κ2) is 10.9. The first-order valence-electron chi connectivity index (χ1n) is 10.8. The number of anilines is 1. The molecule has 0 aliphatic heterocycles. The lowest BCUT2D eigenvalue weighted by Crippen LogP contribution is -2.62. The van der Waals surface area contributed by atoms with Crippen molar-refractivity contribution in [1.29, 1.82) is 5.41 Å². The van der Waals surface area contributed by atoms with Gasteiger partial charge in [-0.15, -0.1) is 0 Å². The van der Waals surface area contributed by atoms with Gasteiger partial charge in [0, 0.05) is 54.3 Å². The van der Waals surface area contributed by atoms with E-state index in [4.69, 9.17) is 35.3 Å². The molecular weight excluding hydrogens is 506 g/mol. The lowest BCUT2D eigenvalue weighted by Gasteiger charge is -2.33. The second-order valence-corrected chi connectivity index (χ2v) is 8.64. The molecule has 0 saturated heterocycles. The zero-order chi connectivity index (χ0) is 27.5. The van der Waals surface area contributed by atoms with Crippen molar-refractivity contribution in [2.75, 3.05) is 5.73 Å². The molecule has 2 aromatic heterocycles. The first kappa shape index (κ1) is 28.1. The average molecular weight is 531 g/mol. The highest BCUT2D eigenvalue weighted by atomic mass is 35.5. The molecule has 0 aliphatic rings. The minimum atomic E-state index is -3.70. The lowest BCUT2D eigenvalue weighted by atomic mass is 9.88. The third-order valence-corrected chi connectivity index (χ3v) is 5.60. The zero-order valence-electron chi connectivity index (χ0n) is 19.9. The Morgan fingerprint density at radius 3 is 2.68 bits per heavy atom. The molecule has 0 fully saturated rings. The van der Waals surface area contributed by atoms with Gasteiger partial charge < -0.3 is 36.2 Å². The van der Waals surface area contributed by atoms with Crippen LogP contribution in [-0.4, -0.2) is 59.8 Å². The molecule has 2 radical (unpaired) electrons. The Labute approximate surface area is 217 Å². The van der Waals surface area contributed by atoms with Crippen LogP contribution in [0.15, 0.2) is 54.5 Å². The Morgan fingerprint density at radius 1 is 1.35 bits per heavy atom. The third-order valence-electron chi connectivity index (χ3n) is 5.36. The number of nitrogens with zero attached hydrogens (tertiary/aromatic N) is 3. The monoisotopic (exact) mass is 530 g/mol. The maximum atomic E-state index is 14.3. The van der Waals surface area contributed by atoms with E-state index in [9.17, 15) is 24.8 Å². The Kier molecular flexibility index (Phi) is 8.25. The van der Waals surface area contributed by atoms with Crippen LogP contribution in [0, 0.1) is 11.2 Å². The molecule has 3 aromatic rings. The van der Waals surface area contributed by atoms with Gasteiger partial charge in [0.05, 0.1) is 5.69 Å². The molecule has 3 rings (SSSR count). The summed E-state index contributed by atoms with van der Waals surface area (Å²) < 4.78 is 21.7. The molecule has 1 aromatic carbocycles. The van der Waals surface area contributed by atoms with Gasteiger partial charge in [-0.05, 0) is 37.3 Å². The number of aryl methyl sites for hydroxylation is 1. The molecule has 11 nitrogen and oxygen atoms in total. The fourth-order valence-electron chi connectivity index (χ4n) is 3.43. The number of ether oxygens (including phenoxy) is 1. The molecule has 1 unspecified atom stereocenters. The van der Waals surface area contributed by atoms with Crippen molar-refractivity contribution in [3.8, 4) is 17.0 Å². The Hall–Kier alpha value is -3.49. The number of benzene rings is 1. The van der Waals surface area contributed by atoms with E-state index in [0.717, 1.165) is 6.20 Å². The van der Waals surface area contributed by atoms with Crippen molar-refractivity contribution in [2.24, 2.45) is 7.05 Å². The number of nitrogen functional groups attached to an aromatic ring is 1. The zero-order valence-corrected chi connectivity index (χ0v) is 20.6. The van der Waals surface area contributed by atoms with E-state index in [-0.39, 0.29) is 17.8 Å². The molecule has 0 bridgehead atoms. The molecular formula is C23H25BClFN6O5. The molecule has 2 atom stereocenters. The molecule has 8 N–H and O–H groups in total. The summed E-state index contributed by atoms with van der Waals surface area (Å²) in [5.41, 5.74) is 4.77. The summed E-state index contributed by atoms with van der Waals surface area (Å²) in [5, 5.41) is 51.3. The molecule has 0 amide bonds. The Bertz CT molecular complexity index is 1330. The Morgan fingerprint density at radius 2 is 2.05 bits per heavy atom. The van der Waals surface area contributed by atoms with E-state index >= 15 is 0 Å². The predicted molar refractivity (Wildman–Crippen MR) is 135 cm³/mol. The number of aliphatic hydroxyl groups is 4. The minimum absolute atomic E-state index is 0.0418. The van der Waals surface area contributed by atoms with Crippen molar-refractivity contribution in [3.63, 3.8) is 0 Å². The van der Waals surface area contributed by atoms with Gasteiger partial charge in [-0.1, -0.05) is 11.6 Å². The number of nitrogens with one attached hydrogen (secondary N) is 2. The number of hydrogen-bond acceptors (Lipinski definition) is 10. The number of rotatable bonds is 10. The number of allylic oxidation sites excluding steroid dienone is 1. The van der Waals surface area contributed by atoms with E-state index in [1.165, 1.54) is 29.1 Å². The summed E-state index contributed by atoms with van der Waals surface area (Å²) in [5.74, 6) is -3.70. The lowest BCUT2D eigenvalue weighted by molar-refractivity contribution is -0.372. The van der Waals surface area contributed by atoms with Crippen molar-refractivity contribution < 1.29 is 29.6 Å². The molecule has 2 heterocycles. The van der Waals surface area contributed by atoms with Gasteiger partial charge in [0.2, 0.25) is 0 Å². The number of nitrogens with two attached hydrogens (primary N) is 1. The number of pyridine rings is 1. The standard InChI is InChI=1S/C23H25BClFN6O5/c1-12(37-18-4-3-7-29-21(18)28)17-9-15(26)5-6-16(17)19-14(11-32(2)31-19)8-13(20(25)27)10-30-22(24,33)23(34,35)36/h3-7,9-12,27,30,33-36H,8H2,1-2H3,(H2,28,29)/b13-10-,27-20?/t12-,22?/m1/s1. The van der Waals surface area contributed by atoms with Crippen LogP contribution in [0.1, 0.15) is 24.2 Å². The summed E-state index contributed by atoms with van der Waals surface area (Å²) >= 11 is 5.90. The molecule has 0 saturated carbocycles. The largest absolute Gasteiger partial charge is 0.482 e. The van der Waals surface area contributed by atoms with Crippen LogP contribution >= 0.6 is 11.6 Å². The van der Waals surface area contributed by atoms with Gasteiger partial charge in [-0.2, -0.15) is 5.10 Å². The smallest absolute Gasteiger partial charge is 0.315 e. The molecule has 37 heavy (non-hydrogen) atoms. The topological polar surface area (TPSA) is 183 Å². The summed E-state index contributed by atoms with van der Waals surface area (Å²) in [4.78, 5) is 3.99. The van der Waals surface area contributed by atoms with Crippen LogP contribution in [0.25, 0.3) is 11.3 Å². The predicted octanol–water partition coefficient (Wildman–Crippen LogP) is 1.02. The average Bonchev–Trinajstić information content (AvgIpc) is 3.16. The first-order chi connectivity index (χ1) is 17.2. The van der Waals surface area contributed by atoms with Crippen molar-refractivity contribution in [1.82, 2.24) is 20.1 Å². The quantitative estimate of drug-likeness (QED) is 0.114. The summed E-state index contributed by atoms with van der Waals surface area (Å²) in [7, 11) is 6.92. The van der Waals surface area contributed by atoms with Crippen LogP contribution in [0.3, 0.4) is 0 Å². The van der Waals surface area contributed by atoms with Crippen LogP contribution < -0.4 is 15.8 Å². The van der Waals surface area contributed by atoms with Gasteiger partial charge in [0.1, 0.15) is 17.1 Å². The minimum Gasteiger partial charge on any atom is -0.482 e. The van der Waals surface area contributed by atoms with Crippen molar-refractivity contribution in [3.05, 3.63) is 71.4 Å². The number of hydrogen-bond donors (Lipinski definition) is 7. The first-order valence-corrected chi connectivity index (χ1v) is 11.2. The normalized spacial score (nSPS) is 14.6. The number of aromatic nitrogens is 3. The number of halogens is 2. The van der Waals surface area contributed by atoms with Gasteiger partial charge in [-0.25, -0.2) is 9.37 Å². The van der Waals surface area contributed by atoms with E-state index in [2.05, 4.69) is 10.1 Å². The van der Waals surface area contributed by atoms with E-state index in [1.807, 2.05) is 5.32 Å². The highest BCUT2D eigenvalue weighted by Gasteiger charge is 2.41. The van der Waals surface area contributed by atoms with Crippen LogP contribution in [0.5, 0.6) is 5.75 Å². The van der Waals surface area contributed by atoms with Gasteiger partial charge >= 0.3 is 5.97 Å². The molecule has 194 valence electrons. The van der Waals surface area contributed by atoms with Crippen molar-refractivity contribution in [2.45, 2.75) is 31.0 Å². The fraction of sp³-hybridized carbons (Fsp3) is 0.261. The van der Waals surface area contributed by atoms with Crippen molar-refractivity contribution >= 4 is 30.4 Å². The van der Waals surface area contributed by atoms with Gasteiger partial charge in [0.25, 0.3) is 0 Å². The van der Waals surface area contributed by atoms with Crippen LogP contribution in [0.2, 0.25) is 0 Å². The maximum absolute atomic E-state index is 14.3. The fourth-order valence-corrected chi connectivity index (χ4v) is 3.55. The summed E-state index contributed by atoms with van der Waals surface area (Å²) in [6.45, 7) is 1.71. The maximum Gasteiger partial charge on any atom is 0.315 e. The second-order valence-electron chi connectivity index (χ2n) is 8.26. The SMILES string of the molecule is [B]C(O)(N/C=C(/Cc1cn(C)nc1-c1ccc(F)cc1[C@@H](C)Oc1cccnc1N)C(=N)Cl)C(O)(O)O. The summed E-state index contributed by atoms with van der Waals surface area (Å²) in [6, 6.07) is 7.40. The Balaban J connectivity index is 2.00. The van der Waals surface area contributed by atoms with Gasteiger partial charge in [-0.3, -0.25) is 10.1 Å². The summed E-state index contributed by atoms with van der Waals surface area (Å²) in [6.07, 6.45) is 3.39. The molecule has 0 spiro atoms. The highest BCUT2D eigenvalue weighted by Crippen LogP contribution is 2.34. The van der Waals surface area contributed by atoms with Gasteiger partial charge in [0.15, 0.2) is 25.0 Å². The van der Waals surface area contributed by atoms with E-state index in [1.54, 1.807) is 32.3 Å². The highest BCUT2D eigenvalue weighted by molar-refractivity contribution is 6.68. The van der Waals surface area contributed by atoms with Crippen LogP contribution in [-0.2, 0) is 13.5 Å².